The Morgan fingerprint density at radius 1 is 1.32 bits per heavy atom. The zero-order valence-electron chi connectivity index (χ0n) is 14.1. The van der Waals surface area contributed by atoms with Gasteiger partial charge in [-0.15, -0.1) is 11.3 Å². The van der Waals surface area contributed by atoms with E-state index in [1.165, 1.54) is 31.2 Å². The van der Waals surface area contributed by atoms with Gasteiger partial charge in [0.1, 0.15) is 4.21 Å². The monoisotopic (exact) mass is 380 g/mol. The Morgan fingerprint density at radius 2 is 2.00 bits per heavy atom. The number of thiophene rings is 1. The molecule has 0 radical (unpaired) electrons. The van der Waals surface area contributed by atoms with E-state index in [1.54, 1.807) is 11.4 Å². The van der Waals surface area contributed by atoms with E-state index >= 15 is 0 Å². The number of hydrogen-bond acceptors (Lipinski definition) is 6. The molecule has 1 aromatic heterocycles. The van der Waals surface area contributed by atoms with Crippen LogP contribution in [0.25, 0.3) is 0 Å². The van der Waals surface area contributed by atoms with Crippen LogP contribution >= 0.6 is 11.3 Å². The number of ketones is 1. The van der Waals surface area contributed by atoms with Gasteiger partial charge >= 0.3 is 0 Å². The summed E-state index contributed by atoms with van der Waals surface area (Å²) >= 11 is 1.10. The Bertz CT molecular complexity index is 882. The zero-order chi connectivity index (χ0) is 18.2. The van der Waals surface area contributed by atoms with Gasteiger partial charge in [-0.3, -0.25) is 4.79 Å². The predicted molar refractivity (Wildman–Crippen MR) is 94.8 cm³/mol. The minimum atomic E-state index is -3.67. The molecule has 1 aliphatic heterocycles. The predicted octanol–water partition coefficient (Wildman–Crippen LogP) is 3.17. The molecule has 1 aliphatic rings. The number of sulfone groups is 1. The van der Waals surface area contributed by atoms with Gasteiger partial charge in [-0.2, -0.15) is 0 Å². The Morgan fingerprint density at radius 3 is 2.60 bits per heavy atom. The smallest absolute Gasteiger partial charge is 0.215 e. The number of hydrogen-bond donors (Lipinski definition) is 1. The molecule has 134 valence electrons. The molecule has 2 aromatic rings. The van der Waals surface area contributed by atoms with Crippen molar-refractivity contribution in [3.05, 3.63) is 46.8 Å². The van der Waals surface area contributed by atoms with Gasteiger partial charge in [-0.25, -0.2) is 8.42 Å². The molecule has 0 spiro atoms. The second kappa shape index (κ2) is 6.64. The van der Waals surface area contributed by atoms with E-state index in [1.807, 2.05) is 6.92 Å². The van der Waals surface area contributed by atoms with Crippen LogP contribution in [-0.4, -0.2) is 32.0 Å². The Hall–Kier alpha value is -1.54. The Labute approximate surface area is 151 Å². The zero-order valence-corrected chi connectivity index (χ0v) is 15.7. The lowest BCUT2D eigenvalue weighted by Gasteiger charge is -2.35. The van der Waals surface area contributed by atoms with Crippen molar-refractivity contribution in [2.24, 2.45) is 0 Å². The van der Waals surface area contributed by atoms with Crippen LogP contribution in [0.15, 0.2) is 44.8 Å². The minimum Gasteiger partial charge on any atom is -0.385 e. The first kappa shape index (κ1) is 18.3. The molecule has 0 amide bonds. The molecule has 2 heterocycles. The van der Waals surface area contributed by atoms with Gasteiger partial charge in [0.05, 0.1) is 23.2 Å². The minimum absolute atomic E-state index is 0.0715. The second-order valence-electron chi connectivity index (χ2n) is 6.41. The van der Waals surface area contributed by atoms with E-state index in [0.29, 0.717) is 30.6 Å². The van der Waals surface area contributed by atoms with Crippen LogP contribution < -0.4 is 0 Å². The van der Waals surface area contributed by atoms with Crippen LogP contribution in [0, 0.1) is 0 Å². The van der Waals surface area contributed by atoms with Gasteiger partial charge in [0.25, 0.3) is 0 Å². The molecule has 1 N–H and O–H groups in total. The standard InChI is InChI=1S/C18H20O5S2/c1-12-10-18(20,7-8-23-12)15-9-17(24-11-15)25(21,22)16-5-3-14(4-6-16)13(2)19/h3-6,9,11-12,20H,7-8,10H2,1-2H3/t12-,18+/m0/s1. The topological polar surface area (TPSA) is 80.7 Å². The third-order valence-corrected chi connectivity index (χ3v) is 7.70. The fourth-order valence-electron chi connectivity index (χ4n) is 3.01. The Kier molecular flexibility index (Phi) is 4.85. The summed E-state index contributed by atoms with van der Waals surface area (Å²) in [6.45, 7) is 3.78. The molecule has 1 aromatic carbocycles. The maximum absolute atomic E-state index is 12.8. The van der Waals surface area contributed by atoms with E-state index in [4.69, 9.17) is 4.74 Å². The van der Waals surface area contributed by atoms with Gasteiger partial charge in [-0.1, -0.05) is 12.1 Å². The maximum Gasteiger partial charge on any atom is 0.215 e. The van der Waals surface area contributed by atoms with Crippen molar-refractivity contribution in [1.29, 1.82) is 0 Å². The van der Waals surface area contributed by atoms with Crippen molar-refractivity contribution in [1.82, 2.24) is 0 Å². The van der Waals surface area contributed by atoms with Crippen molar-refractivity contribution in [2.45, 2.75) is 47.5 Å². The van der Waals surface area contributed by atoms with Crippen LogP contribution in [0.3, 0.4) is 0 Å². The van der Waals surface area contributed by atoms with Gasteiger partial charge in [0, 0.05) is 18.4 Å². The number of benzene rings is 1. The van der Waals surface area contributed by atoms with Crippen molar-refractivity contribution in [2.75, 3.05) is 6.61 Å². The van der Waals surface area contributed by atoms with Crippen LogP contribution in [0.5, 0.6) is 0 Å². The van der Waals surface area contributed by atoms with E-state index in [2.05, 4.69) is 0 Å². The number of carbonyl (C=O) groups excluding carboxylic acids is 1. The largest absolute Gasteiger partial charge is 0.385 e. The molecule has 1 saturated heterocycles. The quantitative estimate of drug-likeness (QED) is 0.824. The number of carbonyl (C=O) groups is 1. The lowest BCUT2D eigenvalue weighted by Crippen LogP contribution is -2.37. The summed E-state index contributed by atoms with van der Waals surface area (Å²) < 4.78 is 31.2. The molecule has 7 heteroatoms. The van der Waals surface area contributed by atoms with Crippen molar-refractivity contribution in [3.8, 4) is 0 Å². The summed E-state index contributed by atoms with van der Waals surface area (Å²) in [4.78, 5) is 11.5. The summed E-state index contributed by atoms with van der Waals surface area (Å²) in [5, 5.41) is 12.6. The average Bonchev–Trinajstić information content (AvgIpc) is 3.06. The first-order valence-corrected chi connectivity index (χ1v) is 10.4. The molecule has 3 rings (SSSR count). The number of aliphatic hydroxyl groups is 1. The fraction of sp³-hybridized carbons (Fsp3) is 0.389. The third kappa shape index (κ3) is 3.55. The molecular formula is C18H20O5S2. The molecule has 5 nitrogen and oxygen atoms in total. The van der Waals surface area contributed by atoms with E-state index in [9.17, 15) is 18.3 Å². The number of ether oxygens (including phenoxy) is 1. The normalized spacial score (nSPS) is 24.2. The molecular weight excluding hydrogens is 360 g/mol. The van der Waals surface area contributed by atoms with E-state index in [-0.39, 0.29) is 21.0 Å². The number of Topliss-reactive ketones (excluding diaryl/α,β-unsaturated/α-hetero) is 1. The van der Waals surface area contributed by atoms with E-state index in [0.717, 1.165) is 11.3 Å². The molecule has 0 saturated carbocycles. The summed E-state index contributed by atoms with van der Waals surface area (Å²) in [6.07, 6.45) is 0.815. The highest BCUT2D eigenvalue weighted by Gasteiger charge is 2.36. The molecule has 0 unspecified atom stereocenters. The summed E-state index contributed by atoms with van der Waals surface area (Å²) in [6, 6.07) is 7.46. The third-order valence-electron chi connectivity index (χ3n) is 4.49. The highest BCUT2D eigenvalue weighted by molar-refractivity contribution is 7.93. The highest BCUT2D eigenvalue weighted by Crippen LogP contribution is 2.38. The molecule has 1 fully saturated rings. The number of rotatable bonds is 4. The van der Waals surface area contributed by atoms with Gasteiger partial charge < -0.3 is 9.84 Å². The van der Waals surface area contributed by atoms with E-state index < -0.39 is 15.4 Å². The van der Waals surface area contributed by atoms with Crippen LogP contribution in [0.1, 0.15) is 42.6 Å². The molecule has 25 heavy (non-hydrogen) atoms. The van der Waals surface area contributed by atoms with Crippen LogP contribution in [0.2, 0.25) is 0 Å². The molecule has 0 bridgehead atoms. The summed E-state index contributed by atoms with van der Waals surface area (Å²) in [7, 11) is -3.67. The molecule has 2 atom stereocenters. The SMILES string of the molecule is CC(=O)c1ccc(S(=O)(=O)c2cc([C@@]3(O)CCO[C@@H](C)C3)cs2)cc1. The first-order chi connectivity index (χ1) is 11.7. The average molecular weight is 380 g/mol. The first-order valence-electron chi connectivity index (χ1n) is 8.01. The molecule has 0 aliphatic carbocycles. The van der Waals surface area contributed by atoms with Crippen molar-refractivity contribution >= 4 is 27.0 Å². The van der Waals surface area contributed by atoms with Gasteiger partial charge in [-0.05, 0) is 43.0 Å². The summed E-state index contributed by atoms with van der Waals surface area (Å²) in [5.41, 5.74) is 0.0309. The fourth-order valence-corrected chi connectivity index (χ4v) is 5.69. The second-order valence-corrected chi connectivity index (χ2v) is 9.49. The maximum atomic E-state index is 12.8. The van der Waals surface area contributed by atoms with Crippen molar-refractivity contribution in [3.63, 3.8) is 0 Å². The lowest BCUT2D eigenvalue weighted by molar-refractivity contribution is -0.101. The van der Waals surface area contributed by atoms with Crippen LogP contribution in [0.4, 0.5) is 0 Å². The summed E-state index contributed by atoms with van der Waals surface area (Å²) in [5.74, 6) is -0.113. The van der Waals surface area contributed by atoms with Gasteiger partial charge in [0.15, 0.2) is 5.78 Å². The highest BCUT2D eigenvalue weighted by atomic mass is 32.2. The Balaban J connectivity index is 1.91. The van der Waals surface area contributed by atoms with Gasteiger partial charge in [0.2, 0.25) is 9.84 Å². The van der Waals surface area contributed by atoms with Crippen molar-refractivity contribution < 1.29 is 23.1 Å². The lowest BCUT2D eigenvalue weighted by atomic mass is 9.86. The van der Waals surface area contributed by atoms with Crippen LogP contribution in [-0.2, 0) is 20.2 Å².